The third-order valence-corrected chi connectivity index (χ3v) is 2.71. The molecule has 2 rings (SSSR count). The highest BCUT2D eigenvalue weighted by Gasteiger charge is 2.22. The highest BCUT2D eigenvalue weighted by atomic mass is 79.9. The molecule has 0 fully saturated rings. The molecule has 68 valence electrons. The fourth-order valence-corrected chi connectivity index (χ4v) is 2.10. The zero-order chi connectivity index (χ0) is 9.42. The first kappa shape index (κ1) is 8.50. The molecular formula is C8H8BrN3O. The summed E-state index contributed by atoms with van der Waals surface area (Å²) in [6.07, 6.45) is 2.55. The summed E-state index contributed by atoms with van der Waals surface area (Å²) in [5, 5.41) is 3.89. The number of carbonyl (C=O) groups excluding carboxylic acids is 1. The highest BCUT2D eigenvalue weighted by molar-refractivity contribution is 9.10. The minimum absolute atomic E-state index is 0.331. The van der Waals surface area contributed by atoms with E-state index < -0.39 is 0 Å². The standard InChI is InChI=1S/C8H8BrN3O/c1-4-7-5(8(9)11-4)2-10-12-6(7)3-13/h2-3,6,11-12H,1H3. The molecule has 1 aliphatic rings. The third kappa shape index (κ3) is 1.19. The summed E-state index contributed by atoms with van der Waals surface area (Å²) in [5.74, 6) is 0. The van der Waals surface area contributed by atoms with Crippen LogP contribution in [0.4, 0.5) is 0 Å². The third-order valence-electron chi connectivity index (χ3n) is 2.08. The van der Waals surface area contributed by atoms with Crippen molar-refractivity contribution in [3.63, 3.8) is 0 Å². The molecule has 0 radical (unpaired) electrons. The van der Waals surface area contributed by atoms with E-state index in [-0.39, 0.29) is 6.04 Å². The van der Waals surface area contributed by atoms with Gasteiger partial charge in [0.2, 0.25) is 0 Å². The Morgan fingerprint density at radius 3 is 3.15 bits per heavy atom. The van der Waals surface area contributed by atoms with Gasteiger partial charge in [-0.3, -0.25) is 5.43 Å². The minimum atomic E-state index is -0.331. The van der Waals surface area contributed by atoms with Gasteiger partial charge in [0, 0.05) is 16.8 Å². The molecule has 1 aromatic rings. The summed E-state index contributed by atoms with van der Waals surface area (Å²) in [7, 11) is 0. The van der Waals surface area contributed by atoms with Gasteiger partial charge in [-0.25, -0.2) is 0 Å². The first-order valence-electron chi connectivity index (χ1n) is 3.86. The van der Waals surface area contributed by atoms with E-state index in [2.05, 4.69) is 31.4 Å². The number of nitrogens with zero attached hydrogens (tertiary/aromatic N) is 1. The molecule has 0 spiro atoms. The second-order valence-corrected chi connectivity index (χ2v) is 3.69. The summed E-state index contributed by atoms with van der Waals surface area (Å²) in [4.78, 5) is 13.8. The number of fused-ring (bicyclic) bond motifs is 1. The molecule has 1 aromatic heterocycles. The molecule has 13 heavy (non-hydrogen) atoms. The summed E-state index contributed by atoms with van der Waals surface area (Å²) in [6.45, 7) is 1.93. The molecule has 2 N–H and O–H groups in total. The van der Waals surface area contributed by atoms with Gasteiger partial charge in [-0.15, -0.1) is 0 Å². The van der Waals surface area contributed by atoms with Crippen molar-refractivity contribution < 1.29 is 4.79 Å². The Balaban J connectivity index is 2.62. The summed E-state index contributed by atoms with van der Waals surface area (Å²) >= 11 is 3.37. The zero-order valence-electron chi connectivity index (χ0n) is 6.97. The van der Waals surface area contributed by atoms with Crippen LogP contribution < -0.4 is 5.43 Å². The van der Waals surface area contributed by atoms with Crippen LogP contribution in [-0.4, -0.2) is 17.5 Å². The molecule has 0 amide bonds. The van der Waals surface area contributed by atoms with E-state index in [0.29, 0.717) is 0 Å². The zero-order valence-corrected chi connectivity index (χ0v) is 8.55. The van der Waals surface area contributed by atoms with E-state index in [1.165, 1.54) is 0 Å². The average molecular weight is 242 g/mol. The molecule has 0 aromatic carbocycles. The van der Waals surface area contributed by atoms with Crippen molar-refractivity contribution in [1.29, 1.82) is 0 Å². The van der Waals surface area contributed by atoms with Crippen molar-refractivity contribution in [3.8, 4) is 0 Å². The lowest BCUT2D eigenvalue weighted by atomic mass is 10.0. The number of halogens is 1. The molecule has 1 aliphatic heterocycles. The maximum atomic E-state index is 10.7. The number of carbonyl (C=O) groups is 1. The van der Waals surface area contributed by atoms with Gasteiger partial charge >= 0.3 is 0 Å². The van der Waals surface area contributed by atoms with Crippen molar-refractivity contribution in [1.82, 2.24) is 10.4 Å². The number of rotatable bonds is 1. The van der Waals surface area contributed by atoms with Gasteiger partial charge in [0.1, 0.15) is 12.3 Å². The number of aryl methyl sites for hydroxylation is 1. The topological polar surface area (TPSA) is 57.2 Å². The Morgan fingerprint density at radius 1 is 1.69 bits per heavy atom. The Labute approximate surface area is 83.5 Å². The van der Waals surface area contributed by atoms with Gasteiger partial charge in [0.15, 0.2) is 0 Å². The molecule has 4 nitrogen and oxygen atoms in total. The van der Waals surface area contributed by atoms with E-state index in [4.69, 9.17) is 0 Å². The maximum Gasteiger partial charge on any atom is 0.148 e. The van der Waals surface area contributed by atoms with Crippen molar-refractivity contribution >= 4 is 28.4 Å². The lowest BCUT2D eigenvalue weighted by molar-refractivity contribution is -0.109. The van der Waals surface area contributed by atoms with Crippen LogP contribution in [-0.2, 0) is 4.79 Å². The van der Waals surface area contributed by atoms with Gasteiger partial charge in [-0.05, 0) is 22.9 Å². The van der Waals surface area contributed by atoms with Crippen molar-refractivity contribution in [3.05, 3.63) is 21.4 Å². The fourth-order valence-electron chi connectivity index (χ4n) is 1.49. The summed E-state index contributed by atoms with van der Waals surface area (Å²) in [5.41, 5.74) is 5.65. The van der Waals surface area contributed by atoms with E-state index >= 15 is 0 Å². The largest absolute Gasteiger partial charge is 0.353 e. The van der Waals surface area contributed by atoms with Crippen LogP contribution in [0.3, 0.4) is 0 Å². The van der Waals surface area contributed by atoms with E-state index in [1.807, 2.05) is 6.92 Å². The van der Waals surface area contributed by atoms with Crippen LogP contribution in [0.5, 0.6) is 0 Å². The van der Waals surface area contributed by atoms with E-state index in [9.17, 15) is 4.79 Å². The molecular weight excluding hydrogens is 234 g/mol. The lowest BCUT2D eigenvalue weighted by Gasteiger charge is -2.14. The van der Waals surface area contributed by atoms with Crippen molar-refractivity contribution in [2.75, 3.05) is 0 Å². The first-order chi connectivity index (χ1) is 6.24. The lowest BCUT2D eigenvalue weighted by Crippen LogP contribution is -2.22. The highest BCUT2D eigenvalue weighted by Crippen LogP contribution is 2.28. The predicted molar refractivity (Wildman–Crippen MR) is 52.8 cm³/mol. The Hall–Kier alpha value is -1.10. The second kappa shape index (κ2) is 2.99. The number of hydrogen-bond donors (Lipinski definition) is 2. The van der Waals surface area contributed by atoms with E-state index in [1.54, 1.807) is 6.21 Å². The number of aromatic nitrogens is 1. The minimum Gasteiger partial charge on any atom is -0.353 e. The molecule has 1 atom stereocenters. The number of hydrazone groups is 1. The van der Waals surface area contributed by atoms with Crippen LogP contribution in [0.2, 0.25) is 0 Å². The Morgan fingerprint density at radius 2 is 2.46 bits per heavy atom. The fraction of sp³-hybridized carbons (Fsp3) is 0.250. The van der Waals surface area contributed by atoms with Crippen LogP contribution in [0.1, 0.15) is 22.9 Å². The Kier molecular flexibility index (Phi) is 1.95. The number of aldehydes is 1. The van der Waals surface area contributed by atoms with Gasteiger partial charge in [-0.1, -0.05) is 0 Å². The predicted octanol–water partition coefficient (Wildman–Crippen LogP) is 1.26. The van der Waals surface area contributed by atoms with Gasteiger partial charge < -0.3 is 9.78 Å². The smallest absolute Gasteiger partial charge is 0.148 e. The van der Waals surface area contributed by atoms with Crippen molar-refractivity contribution in [2.45, 2.75) is 13.0 Å². The van der Waals surface area contributed by atoms with Crippen LogP contribution in [0.25, 0.3) is 0 Å². The van der Waals surface area contributed by atoms with Crippen LogP contribution in [0.15, 0.2) is 9.70 Å². The van der Waals surface area contributed by atoms with Gasteiger partial charge in [0.05, 0.1) is 10.8 Å². The first-order valence-corrected chi connectivity index (χ1v) is 4.65. The number of nitrogens with one attached hydrogen (secondary N) is 2. The van der Waals surface area contributed by atoms with E-state index in [0.717, 1.165) is 27.7 Å². The van der Waals surface area contributed by atoms with Crippen LogP contribution in [0, 0.1) is 6.92 Å². The van der Waals surface area contributed by atoms with Crippen LogP contribution >= 0.6 is 15.9 Å². The number of hydrogen-bond acceptors (Lipinski definition) is 3. The Bertz CT molecular complexity index is 383. The second-order valence-electron chi connectivity index (χ2n) is 2.89. The van der Waals surface area contributed by atoms with Gasteiger partial charge in [-0.2, -0.15) is 5.10 Å². The molecule has 2 heterocycles. The average Bonchev–Trinajstić information content (AvgIpc) is 2.43. The summed E-state index contributed by atoms with van der Waals surface area (Å²) in [6, 6.07) is -0.331. The van der Waals surface area contributed by atoms with Gasteiger partial charge in [0.25, 0.3) is 0 Å². The molecule has 0 aliphatic carbocycles. The molecule has 0 saturated heterocycles. The molecule has 1 unspecified atom stereocenters. The molecule has 0 saturated carbocycles. The van der Waals surface area contributed by atoms with Crippen molar-refractivity contribution in [2.24, 2.45) is 5.10 Å². The normalized spacial score (nSPS) is 19.4. The number of H-pyrrole nitrogens is 1. The number of aromatic amines is 1. The molecule has 0 bridgehead atoms. The maximum absolute atomic E-state index is 10.7. The summed E-state index contributed by atoms with van der Waals surface area (Å²) < 4.78 is 0.872. The SMILES string of the molecule is Cc1[nH]c(Br)c2c1C(C=O)NN=C2. The molecule has 5 heteroatoms. The monoisotopic (exact) mass is 241 g/mol. The quantitative estimate of drug-likeness (QED) is 0.728.